The first-order valence-electron chi connectivity index (χ1n) is 16.9. The first-order chi connectivity index (χ1) is 21.9. The first-order valence-corrected chi connectivity index (χ1v) is 16.9. The molecule has 49 heavy (non-hydrogen) atoms. The summed E-state index contributed by atoms with van der Waals surface area (Å²) in [5.74, 6) is -5.34. The topological polar surface area (TPSA) is 146 Å². The van der Waals surface area contributed by atoms with Crippen molar-refractivity contribution in [2.45, 2.75) is 160 Å². The number of alkyl halides is 3. The van der Waals surface area contributed by atoms with Gasteiger partial charge in [0.1, 0.15) is 0 Å². The molecule has 3 unspecified atom stereocenters. The van der Waals surface area contributed by atoms with Crippen molar-refractivity contribution < 1.29 is 56.9 Å². The van der Waals surface area contributed by atoms with Crippen molar-refractivity contribution in [1.29, 1.82) is 0 Å². The fraction of sp³-hybridized carbons (Fsp3) is 0.912. The number of carbonyl (C=O) groups is 3. The summed E-state index contributed by atoms with van der Waals surface area (Å²) in [5, 5.41) is 30.8. The summed E-state index contributed by atoms with van der Waals surface area (Å²) in [4.78, 5) is 40.3. The van der Waals surface area contributed by atoms with E-state index in [4.69, 9.17) is 14.2 Å². The van der Waals surface area contributed by atoms with Crippen LogP contribution in [0.3, 0.4) is 0 Å². The van der Waals surface area contributed by atoms with Gasteiger partial charge in [0, 0.05) is 39.9 Å². The summed E-state index contributed by atoms with van der Waals surface area (Å²) >= 11 is 0. The van der Waals surface area contributed by atoms with Crippen LogP contribution in [0.4, 0.5) is 13.2 Å². The maximum atomic E-state index is 14.1. The Labute approximate surface area is 288 Å². The average molecular weight is 708 g/mol. The summed E-state index contributed by atoms with van der Waals surface area (Å²) in [6.07, 6.45) is -6.90. The van der Waals surface area contributed by atoms with Crippen LogP contribution in [-0.2, 0) is 43.7 Å². The number of nitrogens with zero attached hydrogens (tertiary/aromatic N) is 2. The predicted octanol–water partition coefficient (Wildman–Crippen LogP) is 5.29. The van der Waals surface area contributed by atoms with Crippen LogP contribution >= 0.6 is 0 Å². The summed E-state index contributed by atoms with van der Waals surface area (Å²) in [7, 11) is 0. The number of carbonyl (C=O) groups excluding carboxylic acids is 3. The lowest BCUT2D eigenvalue weighted by Crippen LogP contribution is -2.51. The smallest absolute Gasteiger partial charge is 0.465 e. The Kier molecular flexibility index (Phi) is 11.4. The van der Waals surface area contributed by atoms with Gasteiger partial charge in [-0.2, -0.15) is 0 Å². The van der Waals surface area contributed by atoms with Crippen LogP contribution in [0.2, 0.25) is 0 Å². The number of hydrogen-bond acceptors (Lipinski definition) is 10. The van der Waals surface area contributed by atoms with E-state index in [0.29, 0.717) is 19.3 Å². The lowest BCUT2D eigenvalue weighted by Gasteiger charge is -2.34. The van der Waals surface area contributed by atoms with E-state index in [0.717, 1.165) is 10.1 Å². The molecule has 0 saturated carbocycles. The van der Waals surface area contributed by atoms with Crippen LogP contribution in [0.25, 0.3) is 0 Å². The average Bonchev–Trinajstić information content (AvgIpc) is 3.30. The Morgan fingerprint density at radius 1 is 0.653 bits per heavy atom. The van der Waals surface area contributed by atoms with E-state index >= 15 is 0 Å². The fourth-order valence-electron chi connectivity index (χ4n) is 8.26. The number of ether oxygens (including phenoxy) is 4. The summed E-state index contributed by atoms with van der Waals surface area (Å²) in [5.41, 5.74) is -7.54. The van der Waals surface area contributed by atoms with Gasteiger partial charge in [-0.1, -0.05) is 0 Å². The molecule has 3 heterocycles. The van der Waals surface area contributed by atoms with Gasteiger partial charge >= 0.3 is 24.3 Å². The second kappa shape index (κ2) is 13.5. The second-order valence-electron chi connectivity index (χ2n) is 17.8. The molecule has 282 valence electrons. The Balaban J connectivity index is 1.87. The molecule has 1 N–H and O–H groups in total. The highest BCUT2D eigenvalue weighted by molar-refractivity contribution is 5.90. The van der Waals surface area contributed by atoms with Crippen LogP contribution in [0.15, 0.2) is 0 Å². The Bertz CT molecular complexity index is 1190. The van der Waals surface area contributed by atoms with Gasteiger partial charge in [-0.15, -0.1) is 33.7 Å². The molecule has 0 bridgehead atoms. The zero-order chi connectivity index (χ0) is 37.8. The van der Waals surface area contributed by atoms with Crippen LogP contribution in [-0.4, -0.2) is 93.1 Å². The molecule has 3 atom stereocenters. The number of halogens is 3. The van der Waals surface area contributed by atoms with E-state index in [1.54, 1.807) is 55.4 Å². The second-order valence-corrected chi connectivity index (χ2v) is 17.8. The maximum absolute atomic E-state index is 14.1. The van der Waals surface area contributed by atoms with Crippen LogP contribution < -0.4 is 5.32 Å². The number of rotatable bonds is 12. The van der Waals surface area contributed by atoms with Crippen molar-refractivity contribution in [3.63, 3.8) is 0 Å². The van der Waals surface area contributed by atoms with Gasteiger partial charge in [-0.05, 0) is 102 Å². The summed E-state index contributed by atoms with van der Waals surface area (Å²) < 4.78 is 62.8. The van der Waals surface area contributed by atoms with E-state index in [1.165, 1.54) is 0 Å². The Morgan fingerprint density at radius 3 is 1.35 bits per heavy atom. The normalized spacial score (nSPS) is 29.7. The van der Waals surface area contributed by atoms with Gasteiger partial charge in [-0.25, -0.2) is 4.79 Å². The van der Waals surface area contributed by atoms with E-state index in [9.17, 15) is 38.0 Å². The highest BCUT2D eigenvalue weighted by Crippen LogP contribution is 2.45. The maximum Gasteiger partial charge on any atom is 0.523 e. The molecule has 0 spiro atoms. The fourth-order valence-corrected chi connectivity index (χ4v) is 8.26. The monoisotopic (exact) mass is 707 g/mol. The van der Waals surface area contributed by atoms with Crippen molar-refractivity contribution in [3.8, 4) is 0 Å². The number of hydroxylamine groups is 4. The molecule has 0 aromatic carbocycles. The van der Waals surface area contributed by atoms with Gasteiger partial charge in [0.25, 0.3) is 0 Å². The number of nitrogens with one attached hydrogen (secondary N) is 1. The van der Waals surface area contributed by atoms with E-state index in [-0.39, 0.29) is 31.3 Å². The molecule has 15 heteroatoms. The summed E-state index contributed by atoms with van der Waals surface area (Å²) in [6.45, 7) is 20.3. The standard InChI is InChI=1S/C34H56F3N3O9/c1-27(2)13-21(30(7,8)38-27)18-48-26(43)33(49-34(35,36)37,16-24(41)46-19-22-14-28(3,4)39(44)31(22,9)10)17-25(42)47-20-23-15-29(5,6)40(45)32(23,11)12/h21-23,38H,13-20H2,1-12H3. The zero-order valence-electron chi connectivity index (χ0n) is 31.1. The zero-order valence-corrected chi connectivity index (χ0v) is 31.1. The Hall–Kier alpha value is -2.04. The van der Waals surface area contributed by atoms with Gasteiger partial charge in [0.05, 0.1) is 43.7 Å². The lowest BCUT2D eigenvalue weighted by atomic mass is 9.87. The molecule has 0 aromatic heterocycles. The molecular weight excluding hydrogens is 651 g/mol. The van der Waals surface area contributed by atoms with Crippen molar-refractivity contribution in [1.82, 2.24) is 15.4 Å². The third kappa shape index (κ3) is 9.26. The summed E-state index contributed by atoms with van der Waals surface area (Å²) in [6, 6.07) is 0. The van der Waals surface area contributed by atoms with E-state index in [1.807, 2.05) is 27.7 Å². The predicted molar refractivity (Wildman–Crippen MR) is 169 cm³/mol. The van der Waals surface area contributed by atoms with E-state index < -0.39 is 82.2 Å². The molecule has 12 nitrogen and oxygen atoms in total. The molecule has 3 saturated heterocycles. The highest BCUT2D eigenvalue weighted by atomic mass is 19.4. The molecule has 3 aliphatic rings. The molecule has 0 amide bonds. The van der Waals surface area contributed by atoms with Crippen LogP contribution in [0, 0.1) is 17.8 Å². The molecule has 2 radical (unpaired) electrons. The van der Waals surface area contributed by atoms with Crippen LogP contribution in [0.1, 0.15) is 115 Å². The van der Waals surface area contributed by atoms with Gasteiger partial charge in [-0.3, -0.25) is 14.3 Å². The van der Waals surface area contributed by atoms with Crippen LogP contribution in [0.5, 0.6) is 0 Å². The SMILES string of the molecule is CC1(C)CC(COC(=O)C(CC(=O)OCC2CC(C)(C)N([O])C2(C)C)(CC(=O)OCC2CC(C)(C)N([O])C2(C)C)OC(F)(F)F)C(C)(C)N1. The minimum absolute atomic E-state index is 0.315. The molecule has 0 aromatic rings. The van der Waals surface area contributed by atoms with Gasteiger partial charge < -0.3 is 19.5 Å². The van der Waals surface area contributed by atoms with Gasteiger partial charge in [0.2, 0.25) is 0 Å². The quantitative estimate of drug-likeness (QED) is 0.210. The van der Waals surface area contributed by atoms with Gasteiger partial charge in [0.15, 0.2) is 5.60 Å². The minimum atomic E-state index is -5.48. The Morgan fingerprint density at radius 2 is 1.04 bits per heavy atom. The third-order valence-corrected chi connectivity index (χ3v) is 10.9. The largest absolute Gasteiger partial charge is 0.523 e. The molecule has 0 aliphatic carbocycles. The van der Waals surface area contributed by atoms with Crippen molar-refractivity contribution in [3.05, 3.63) is 0 Å². The lowest BCUT2D eigenvalue weighted by molar-refractivity contribution is -0.363. The number of esters is 3. The molecule has 3 fully saturated rings. The minimum Gasteiger partial charge on any atom is -0.465 e. The van der Waals surface area contributed by atoms with Crippen molar-refractivity contribution >= 4 is 17.9 Å². The molecular formula is C34H56F3N3O9. The van der Waals surface area contributed by atoms with Crippen molar-refractivity contribution in [2.24, 2.45) is 17.8 Å². The third-order valence-electron chi connectivity index (χ3n) is 10.9. The first kappa shape index (κ1) is 41.4. The van der Waals surface area contributed by atoms with Crippen molar-refractivity contribution in [2.75, 3.05) is 19.8 Å². The van der Waals surface area contributed by atoms with E-state index in [2.05, 4.69) is 10.1 Å². The molecule has 3 rings (SSSR count). The highest BCUT2D eigenvalue weighted by Gasteiger charge is 2.57. The number of hydrogen-bond donors (Lipinski definition) is 1. The molecule has 3 aliphatic heterocycles.